The van der Waals surface area contributed by atoms with E-state index in [4.69, 9.17) is 5.14 Å². The number of hydrogen-bond donors (Lipinski definition) is 2. The molecule has 2 rings (SSSR count). The Morgan fingerprint density at radius 1 is 1.47 bits per heavy atom. The average molecular weight is 275 g/mol. The number of hydrogen-bond acceptors (Lipinski definition) is 4. The van der Waals surface area contributed by atoms with Crippen molar-refractivity contribution < 1.29 is 8.42 Å². The van der Waals surface area contributed by atoms with Crippen molar-refractivity contribution in [3.63, 3.8) is 0 Å². The Hall–Kier alpha value is -0.470. The molecule has 7 heteroatoms. The predicted molar refractivity (Wildman–Crippen MR) is 69.0 cm³/mol. The first kappa shape index (κ1) is 13.0. The number of nitrogens with zero attached hydrogens (tertiary/aromatic N) is 1. The molecule has 5 nitrogen and oxygen atoms in total. The van der Waals surface area contributed by atoms with Gasteiger partial charge in [0.05, 0.1) is 6.04 Å². The number of thiophene rings is 1. The van der Waals surface area contributed by atoms with Crippen molar-refractivity contribution in [1.82, 2.24) is 9.62 Å². The third kappa shape index (κ3) is 3.75. The molecule has 17 heavy (non-hydrogen) atoms. The van der Waals surface area contributed by atoms with Crippen LogP contribution in [0, 0.1) is 0 Å². The molecule has 0 bridgehead atoms. The standard InChI is InChI=1S/C10H17N3O2S2/c11-17(14,15)12-8-9(10-4-3-7-16-10)13-5-1-2-6-13/h3-4,7,9,12H,1-2,5-6,8H2,(H2,11,14,15). The van der Waals surface area contributed by atoms with E-state index < -0.39 is 10.2 Å². The highest BCUT2D eigenvalue weighted by atomic mass is 32.2. The number of rotatable bonds is 5. The van der Waals surface area contributed by atoms with Crippen LogP contribution in [0.1, 0.15) is 23.8 Å². The second-order valence-corrected chi connectivity index (χ2v) is 6.53. The number of likely N-dealkylation sites (tertiary alicyclic amines) is 1. The molecule has 0 radical (unpaired) electrons. The molecule has 0 spiro atoms. The lowest BCUT2D eigenvalue weighted by molar-refractivity contribution is 0.250. The Bertz CT molecular complexity index is 438. The van der Waals surface area contributed by atoms with Gasteiger partial charge in [-0.2, -0.15) is 8.42 Å². The van der Waals surface area contributed by atoms with Gasteiger partial charge < -0.3 is 0 Å². The summed E-state index contributed by atoms with van der Waals surface area (Å²) in [4.78, 5) is 3.49. The van der Waals surface area contributed by atoms with Gasteiger partial charge in [-0.1, -0.05) is 6.07 Å². The molecule has 3 N–H and O–H groups in total. The minimum Gasteiger partial charge on any atom is -0.294 e. The third-order valence-corrected chi connectivity index (χ3v) is 4.47. The van der Waals surface area contributed by atoms with E-state index in [0.717, 1.165) is 13.1 Å². The summed E-state index contributed by atoms with van der Waals surface area (Å²) in [7, 11) is -3.61. The van der Waals surface area contributed by atoms with Gasteiger partial charge in [-0.25, -0.2) is 9.86 Å². The molecule has 1 aliphatic rings. The van der Waals surface area contributed by atoms with Crippen LogP contribution in [-0.2, 0) is 10.2 Å². The van der Waals surface area contributed by atoms with E-state index in [9.17, 15) is 8.42 Å². The van der Waals surface area contributed by atoms with E-state index in [-0.39, 0.29) is 6.04 Å². The average Bonchev–Trinajstić information content (AvgIpc) is 2.86. The molecular weight excluding hydrogens is 258 g/mol. The fraction of sp³-hybridized carbons (Fsp3) is 0.600. The molecule has 1 unspecified atom stereocenters. The first-order valence-electron chi connectivity index (χ1n) is 5.61. The summed E-state index contributed by atoms with van der Waals surface area (Å²) < 4.78 is 24.3. The zero-order valence-corrected chi connectivity index (χ0v) is 11.1. The highest BCUT2D eigenvalue weighted by Crippen LogP contribution is 2.27. The SMILES string of the molecule is NS(=O)(=O)NCC(c1cccs1)N1CCCC1. The molecule has 0 aromatic carbocycles. The van der Waals surface area contributed by atoms with Crippen molar-refractivity contribution in [2.45, 2.75) is 18.9 Å². The van der Waals surface area contributed by atoms with Crippen molar-refractivity contribution in [1.29, 1.82) is 0 Å². The van der Waals surface area contributed by atoms with Gasteiger partial charge in [-0.3, -0.25) is 4.90 Å². The minimum atomic E-state index is -3.61. The van der Waals surface area contributed by atoms with Crippen molar-refractivity contribution in [3.05, 3.63) is 22.4 Å². The molecule has 2 heterocycles. The van der Waals surface area contributed by atoms with E-state index in [1.54, 1.807) is 11.3 Å². The maximum Gasteiger partial charge on any atom is 0.274 e. The maximum atomic E-state index is 11.0. The molecule has 1 fully saturated rings. The van der Waals surface area contributed by atoms with Crippen LogP contribution in [0.5, 0.6) is 0 Å². The normalized spacial score (nSPS) is 19.6. The molecule has 1 aliphatic heterocycles. The van der Waals surface area contributed by atoms with Crippen LogP contribution in [-0.4, -0.2) is 33.0 Å². The predicted octanol–water partition coefficient (Wildman–Crippen LogP) is 0.678. The molecule has 1 saturated heterocycles. The van der Waals surface area contributed by atoms with E-state index in [1.807, 2.05) is 17.5 Å². The lowest BCUT2D eigenvalue weighted by atomic mass is 10.2. The van der Waals surface area contributed by atoms with Gasteiger partial charge in [0.1, 0.15) is 0 Å². The lowest BCUT2D eigenvalue weighted by Crippen LogP contribution is -2.39. The Kier molecular flexibility index (Phi) is 4.16. The first-order chi connectivity index (χ1) is 8.06. The Labute approximate surface area is 106 Å². The quantitative estimate of drug-likeness (QED) is 0.829. The van der Waals surface area contributed by atoms with Gasteiger partial charge in [0.25, 0.3) is 10.2 Å². The second kappa shape index (κ2) is 5.45. The summed E-state index contributed by atoms with van der Waals surface area (Å²) in [5.74, 6) is 0. The van der Waals surface area contributed by atoms with Gasteiger partial charge in [-0.05, 0) is 37.4 Å². The second-order valence-electron chi connectivity index (χ2n) is 4.17. The summed E-state index contributed by atoms with van der Waals surface area (Å²) >= 11 is 1.65. The van der Waals surface area contributed by atoms with Crippen LogP contribution >= 0.6 is 11.3 Å². The fourth-order valence-electron chi connectivity index (χ4n) is 2.14. The van der Waals surface area contributed by atoms with Gasteiger partial charge in [0, 0.05) is 11.4 Å². The van der Waals surface area contributed by atoms with Gasteiger partial charge in [0.15, 0.2) is 0 Å². The smallest absolute Gasteiger partial charge is 0.274 e. The fourth-order valence-corrected chi connectivity index (χ4v) is 3.39. The van der Waals surface area contributed by atoms with Gasteiger partial charge in [-0.15, -0.1) is 11.3 Å². The largest absolute Gasteiger partial charge is 0.294 e. The maximum absolute atomic E-state index is 11.0. The van der Waals surface area contributed by atoms with Gasteiger partial charge >= 0.3 is 0 Å². The Morgan fingerprint density at radius 3 is 2.71 bits per heavy atom. The van der Waals surface area contributed by atoms with Crippen molar-refractivity contribution in [3.8, 4) is 0 Å². The monoisotopic (exact) mass is 275 g/mol. The summed E-state index contributed by atoms with van der Waals surface area (Å²) in [5.41, 5.74) is 0. The molecule has 1 atom stereocenters. The molecule has 0 aliphatic carbocycles. The molecule has 0 amide bonds. The van der Waals surface area contributed by atoms with Crippen molar-refractivity contribution in [2.75, 3.05) is 19.6 Å². The lowest BCUT2D eigenvalue weighted by Gasteiger charge is -2.26. The Morgan fingerprint density at radius 2 is 2.18 bits per heavy atom. The van der Waals surface area contributed by atoms with Crippen LogP contribution in [0.15, 0.2) is 17.5 Å². The van der Waals surface area contributed by atoms with Crippen LogP contribution in [0.25, 0.3) is 0 Å². The van der Waals surface area contributed by atoms with Crippen molar-refractivity contribution in [2.24, 2.45) is 5.14 Å². The van der Waals surface area contributed by atoms with E-state index in [1.165, 1.54) is 17.7 Å². The highest BCUT2D eigenvalue weighted by Gasteiger charge is 2.24. The minimum absolute atomic E-state index is 0.107. The summed E-state index contributed by atoms with van der Waals surface area (Å²) in [5, 5.41) is 6.99. The zero-order chi connectivity index (χ0) is 12.3. The molecule has 96 valence electrons. The van der Waals surface area contributed by atoms with Crippen molar-refractivity contribution >= 4 is 21.5 Å². The zero-order valence-electron chi connectivity index (χ0n) is 9.50. The van der Waals surface area contributed by atoms with Crippen LogP contribution in [0.2, 0.25) is 0 Å². The highest BCUT2D eigenvalue weighted by molar-refractivity contribution is 7.87. The van der Waals surface area contributed by atoms with Crippen LogP contribution in [0.4, 0.5) is 0 Å². The Balaban J connectivity index is 2.07. The molecule has 1 aromatic rings. The van der Waals surface area contributed by atoms with E-state index in [0.29, 0.717) is 6.54 Å². The first-order valence-corrected chi connectivity index (χ1v) is 8.04. The topological polar surface area (TPSA) is 75.4 Å². The number of nitrogens with one attached hydrogen (secondary N) is 1. The summed E-state index contributed by atoms with van der Waals surface area (Å²) in [6.07, 6.45) is 2.36. The third-order valence-electron chi connectivity index (χ3n) is 2.93. The molecular formula is C10H17N3O2S2. The molecule has 0 saturated carbocycles. The van der Waals surface area contributed by atoms with Gasteiger partial charge in [0.2, 0.25) is 0 Å². The van der Waals surface area contributed by atoms with E-state index in [2.05, 4.69) is 9.62 Å². The van der Waals surface area contributed by atoms with Crippen LogP contribution in [0.3, 0.4) is 0 Å². The summed E-state index contributed by atoms with van der Waals surface area (Å²) in [6, 6.07) is 4.13. The summed E-state index contributed by atoms with van der Waals surface area (Å²) in [6.45, 7) is 2.39. The molecule has 1 aromatic heterocycles. The van der Waals surface area contributed by atoms with E-state index >= 15 is 0 Å². The number of nitrogens with two attached hydrogens (primary N) is 1. The van der Waals surface area contributed by atoms with Crippen LogP contribution < -0.4 is 9.86 Å².